The fraction of sp³-hybridized carbons (Fsp3) is 0.667. The van der Waals surface area contributed by atoms with Gasteiger partial charge in [-0.05, 0) is 45.1 Å². The van der Waals surface area contributed by atoms with Gasteiger partial charge >= 0.3 is 0 Å². The second-order valence-corrected chi connectivity index (χ2v) is 12.3. The van der Waals surface area contributed by atoms with Crippen LogP contribution in [0.4, 0.5) is 0 Å². The summed E-state index contributed by atoms with van der Waals surface area (Å²) in [4.78, 5) is 27.4. The third kappa shape index (κ3) is 4.72. The number of amides is 2. The van der Waals surface area contributed by atoms with E-state index < -0.39 is 22.0 Å². The van der Waals surface area contributed by atoms with Crippen LogP contribution in [0.1, 0.15) is 33.6 Å². The minimum atomic E-state index is -3.57. The first-order chi connectivity index (χ1) is 13.1. The van der Waals surface area contributed by atoms with Crippen molar-refractivity contribution < 1.29 is 18.0 Å². The number of hydrogen-bond donors (Lipinski definition) is 1. The molecule has 0 bridgehead atoms. The maximum absolute atomic E-state index is 13.2. The van der Waals surface area contributed by atoms with Gasteiger partial charge in [-0.1, -0.05) is 6.07 Å². The number of carbonyl (C=O) groups excluding carboxylic acids is 2. The van der Waals surface area contributed by atoms with E-state index in [1.165, 1.54) is 15.6 Å². The molecule has 0 aliphatic carbocycles. The lowest BCUT2D eigenvalue weighted by atomic mass is 9.97. The summed E-state index contributed by atoms with van der Waals surface area (Å²) in [5.74, 6) is 0.356. The first-order valence-corrected chi connectivity index (χ1v) is 12.8. The molecule has 0 radical (unpaired) electrons. The van der Waals surface area contributed by atoms with Gasteiger partial charge in [-0.2, -0.15) is 4.31 Å². The van der Waals surface area contributed by atoms with E-state index in [0.29, 0.717) is 35.2 Å². The second kappa shape index (κ2) is 8.33. The number of carbonyl (C=O) groups is 2. The summed E-state index contributed by atoms with van der Waals surface area (Å²) in [6.45, 7) is 6.33. The third-order valence-corrected chi connectivity index (χ3v) is 9.04. The summed E-state index contributed by atoms with van der Waals surface area (Å²) in [5.41, 5.74) is -0.366. The largest absolute Gasteiger partial charge is 0.350 e. The van der Waals surface area contributed by atoms with Crippen molar-refractivity contribution in [2.75, 3.05) is 24.7 Å². The molecule has 0 saturated carbocycles. The number of nitrogens with zero attached hydrogens (tertiary/aromatic N) is 2. The number of nitrogens with one attached hydrogen (secondary N) is 1. The van der Waals surface area contributed by atoms with Crippen LogP contribution < -0.4 is 5.32 Å². The molecular weight excluding hydrogens is 418 g/mol. The maximum Gasteiger partial charge on any atom is 0.252 e. The second-order valence-electron chi connectivity index (χ2n) is 8.20. The summed E-state index contributed by atoms with van der Waals surface area (Å²) in [7, 11) is -3.57. The zero-order valence-corrected chi connectivity index (χ0v) is 18.8. The van der Waals surface area contributed by atoms with E-state index in [2.05, 4.69) is 5.32 Å². The normalized spacial score (nSPS) is 24.3. The van der Waals surface area contributed by atoms with Crippen molar-refractivity contribution in [1.82, 2.24) is 14.5 Å². The number of thioether (sulfide) groups is 1. The topological polar surface area (TPSA) is 86.8 Å². The van der Waals surface area contributed by atoms with Gasteiger partial charge in [0.05, 0.1) is 11.8 Å². The number of thiophene rings is 1. The van der Waals surface area contributed by atoms with Crippen molar-refractivity contribution in [3.8, 4) is 0 Å². The highest BCUT2D eigenvalue weighted by atomic mass is 32.2. The molecule has 1 N–H and O–H groups in total. The van der Waals surface area contributed by atoms with E-state index in [0.717, 1.165) is 0 Å². The molecule has 2 fully saturated rings. The summed E-state index contributed by atoms with van der Waals surface area (Å²) < 4.78 is 27.3. The standard InChI is InChI=1S/C18H27N3O4S3/c1-18(2,3)19-16(22)14-11-26-12-21(14)17(23)13-6-4-8-20(10-13)28(24,25)15-7-5-9-27-15/h5,7,9,13-14H,4,6,8,10-12H2,1-3H3,(H,19,22). The molecule has 1 aromatic rings. The Hall–Kier alpha value is -1.10. The Balaban J connectivity index is 1.70. The molecule has 28 heavy (non-hydrogen) atoms. The minimum absolute atomic E-state index is 0.120. The van der Waals surface area contributed by atoms with Crippen LogP contribution in [0.2, 0.25) is 0 Å². The SMILES string of the molecule is CC(C)(C)NC(=O)C1CSCN1C(=O)C1CCCN(S(=O)(=O)c2cccs2)C1. The van der Waals surface area contributed by atoms with Gasteiger partial charge in [0.25, 0.3) is 10.0 Å². The van der Waals surface area contributed by atoms with Crippen LogP contribution in [0.15, 0.2) is 21.7 Å². The van der Waals surface area contributed by atoms with Crippen molar-refractivity contribution in [1.29, 1.82) is 0 Å². The molecule has 1 aromatic heterocycles. The van der Waals surface area contributed by atoms with Gasteiger partial charge in [-0.25, -0.2) is 8.42 Å². The quantitative estimate of drug-likeness (QED) is 0.766. The van der Waals surface area contributed by atoms with Gasteiger partial charge in [0.2, 0.25) is 11.8 Å². The molecule has 156 valence electrons. The van der Waals surface area contributed by atoms with Crippen molar-refractivity contribution in [3.05, 3.63) is 17.5 Å². The Bertz CT molecular complexity index is 818. The molecule has 2 aliphatic heterocycles. The molecule has 2 unspecified atom stereocenters. The predicted molar refractivity (Wildman–Crippen MR) is 112 cm³/mol. The van der Waals surface area contributed by atoms with Crippen molar-refractivity contribution in [3.63, 3.8) is 0 Å². The third-order valence-electron chi connectivity index (χ3n) is 4.79. The molecule has 0 aromatic carbocycles. The Labute approximate surface area is 174 Å². The molecule has 3 rings (SSSR count). The number of hydrogen-bond acceptors (Lipinski definition) is 6. The lowest BCUT2D eigenvalue weighted by molar-refractivity contribution is -0.142. The van der Waals surface area contributed by atoms with E-state index in [1.807, 2.05) is 20.8 Å². The van der Waals surface area contributed by atoms with Gasteiger partial charge in [-0.15, -0.1) is 23.1 Å². The number of sulfonamides is 1. The Morgan fingerprint density at radius 2 is 2.04 bits per heavy atom. The molecule has 0 spiro atoms. The van der Waals surface area contributed by atoms with Crippen LogP contribution in [-0.4, -0.2) is 65.7 Å². The molecule has 2 atom stereocenters. The van der Waals surface area contributed by atoms with Crippen LogP contribution in [0.25, 0.3) is 0 Å². The van der Waals surface area contributed by atoms with E-state index >= 15 is 0 Å². The van der Waals surface area contributed by atoms with Crippen LogP contribution in [0.5, 0.6) is 0 Å². The highest BCUT2D eigenvalue weighted by Crippen LogP contribution is 2.30. The Morgan fingerprint density at radius 3 is 2.68 bits per heavy atom. The zero-order valence-electron chi connectivity index (χ0n) is 16.4. The molecule has 2 aliphatic rings. The molecule has 7 nitrogen and oxygen atoms in total. The lowest BCUT2D eigenvalue weighted by Crippen LogP contribution is -2.54. The zero-order chi connectivity index (χ0) is 20.5. The van der Waals surface area contributed by atoms with Gasteiger partial charge in [-0.3, -0.25) is 9.59 Å². The summed E-state index contributed by atoms with van der Waals surface area (Å²) >= 11 is 2.74. The van der Waals surface area contributed by atoms with Crippen molar-refractivity contribution in [2.24, 2.45) is 5.92 Å². The van der Waals surface area contributed by atoms with Crippen molar-refractivity contribution >= 4 is 44.9 Å². The molecule has 3 heterocycles. The van der Waals surface area contributed by atoms with Crippen molar-refractivity contribution in [2.45, 2.75) is 49.4 Å². The highest BCUT2D eigenvalue weighted by molar-refractivity contribution is 7.99. The summed E-state index contributed by atoms with van der Waals surface area (Å²) in [6, 6.07) is 2.81. The van der Waals surface area contributed by atoms with Crippen LogP contribution in [0, 0.1) is 5.92 Å². The smallest absolute Gasteiger partial charge is 0.252 e. The minimum Gasteiger partial charge on any atom is -0.350 e. The van der Waals surface area contributed by atoms with Crippen LogP contribution in [-0.2, 0) is 19.6 Å². The predicted octanol–water partition coefficient (Wildman–Crippen LogP) is 1.97. The number of rotatable bonds is 4. The van der Waals surface area contributed by atoms with E-state index in [1.54, 1.807) is 34.2 Å². The summed E-state index contributed by atoms with van der Waals surface area (Å²) in [6.07, 6.45) is 1.28. The number of piperidine rings is 1. The molecule has 2 amide bonds. The Morgan fingerprint density at radius 1 is 1.29 bits per heavy atom. The Kier molecular flexibility index (Phi) is 6.43. The maximum atomic E-state index is 13.2. The molecular formula is C18H27N3O4S3. The molecule has 2 saturated heterocycles. The highest BCUT2D eigenvalue weighted by Gasteiger charge is 2.41. The fourth-order valence-corrected chi connectivity index (χ4v) is 7.30. The molecule has 10 heteroatoms. The van der Waals surface area contributed by atoms with Crippen LogP contribution >= 0.6 is 23.1 Å². The van der Waals surface area contributed by atoms with Gasteiger partial charge in [0, 0.05) is 24.4 Å². The first-order valence-electron chi connectivity index (χ1n) is 9.33. The van der Waals surface area contributed by atoms with E-state index in [4.69, 9.17) is 0 Å². The first kappa shape index (κ1) is 21.6. The monoisotopic (exact) mass is 445 g/mol. The van der Waals surface area contributed by atoms with Gasteiger partial charge in [0.1, 0.15) is 10.3 Å². The van der Waals surface area contributed by atoms with Gasteiger partial charge < -0.3 is 10.2 Å². The van der Waals surface area contributed by atoms with E-state index in [9.17, 15) is 18.0 Å². The summed E-state index contributed by atoms with van der Waals surface area (Å²) in [5, 5.41) is 4.68. The lowest BCUT2D eigenvalue weighted by Gasteiger charge is -2.34. The van der Waals surface area contributed by atoms with E-state index in [-0.39, 0.29) is 23.9 Å². The average molecular weight is 446 g/mol. The van der Waals surface area contributed by atoms with Gasteiger partial charge in [0.15, 0.2) is 0 Å². The average Bonchev–Trinajstić information content (AvgIpc) is 3.31. The van der Waals surface area contributed by atoms with Crippen LogP contribution in [0.3, 0.4) is 0 Å². The fourth-order valence-electron chi connectivity index (χ4n) is 3.46.